The smallest absolute Gasteiger partial charge is 0.239 e. The third-order valence-corrected chi connectivity index (χ3v) is 4.75. The van der Waals surface area contributed by atoms with Gasteiger partial charge in [-0.15, -0.1) is 24.8 Å². The van der Waals surface area contributed by atoms with Crippen molar-refractivity contribution in [1.82, 2.24) is 10.2 Å². The molecule has 0 unspecified atom stereocenters. The molecule has 2 N–H and O–H groups in total. The number of carbonyl (C=O) groups is 1. The molecular weight excluding hydrogens is 405 g/mol. The zero-order valence-corrected chi connectivity index (χ0v) is 17.5. The molecule has 0 atom stereocenters. The second-order valence-electron chi connectivity index (χ2n) is 6.46. The van der Waals surface area contributed by atoms with E-state index in [1.54, 1.807) is 0 Å². The second kappa shape index (κ2) is 12.1. The molecule has 0 aliphatic carbocycles. The number of likely N-dealkylation sites (tertiary alicyclic amines) is 1. The van der Waals surface area contributed by atoms with Gasteiger partial charge < -0.3 is 10.6 Å². The maximum Gasteiger partial charge on any atom is 0.239 e. The van der Waals surface area contributed by atoms with E-state index in [1.165, 1.54) is 5.56 Å². The average molecular weight is 431 g/mol. The fraction of sp³-hybridized carbons (Fsp3) is 0.350. The van der Waals surface area contributed by atoms with Gasteiger partial charge in [-0.05, 0) is 42.7 Å². The standard InChI is InChI=1S/C20H24ClN3O.2ClH/c21-17-8-6-16(7-9-17)15-24-12-10-19(11-13-24)23-20(25)14-22-18-4-2-1-3-5-18;;/h1-9,19,22H,10-15H2,(H,23,25);2*1H. The van der Waals surface area contributed by atoms with Crippen LogP contribution in [0.3, 0.4) is 0 Å². The lowest BCUT2D eigenvalue weighted by Gasteiger charge is -2.32. The molecule has 0 radical (unpaired) electrons. The fourth-order valence-corrected chi connectivity index (χ4v) is 3.23. The molecule has 1 fully saturated rings. The molecule has 2 aromatic carbocycles. The summed E-state index contributed by atoms with van der Waals surface area (Å²) in [5.74, 6) is 0.0556. The van der Waals surface area contributed by atoms with E-state index in [1.807, 2.05) is 42.5 Å². The van der Waals surface area contributed by atoms with Crippen molar-refractivity contribution in [3.63, 3.8) is 0 Å². The molecule has 1 amide bonds. The van der Waals surface area contributed by atoms with Crippen molar-refractivity contribution in [3.05, 3.63) is 65.2 Å². The molecule has 7 heteroatoms. The zero-order valence-electron chi connectivity index (χ0n) is 15.1. The molecule has 0 aromatic heterocycles. The lowest BCUT2D eigenvalue weighted by atomic mass is 10.0. The molecule has 0 spiro atoms. The van der Waals surface area contributed by atoms with E-state index in [-0.39, 0.29) is 36.8 Å². The van der Waals surface area contributed by atoms with E-state index < -0.39 is 0 Å². The van der Waals surface area contributed by atoms with Crippen LogP contribution in [0, 0.1) is 0 Å². The number of piperidine rings is 1. The molecule has 148 valence electrons. The van der Waals surface area contributed by atoms with Gasteiger partial charge in [0.15, 0.2) is 0 Å². The minimum Gasteiger partial charge on any atom is -0.376 e. The van der Waals surface area contributed by atoms with Gasteiger partial charge >= 0.3 is 0 Å². The van der Waals surface area contributed by atoms with Crippen LogP contribution >= 0.6 is 36.4 Å². The van der Waals surface area contributed by atoms with Crippen LogP contribution < -0.4 is 10.6 Å². The van der Waals surface area contributed by atoms with Gasteiger partial charge in [0.1, 0.15) is 0 Å². The number of nitrogens with zero attached hydrogens (tertiary/aromatic N) is 1. The first-order valence-corrected chi connectivity index (χ1v) is 9.12. The summed E-state index contributed by atoms with van der Waals surface area (Å²) in [6.45, 7) is 3.25. The number of halogens is 3. The molecule has 0 saturated carbocycles. The first kappa shape index (κ1) is 23.6. The van der Waals surface area contributed by atoms with Crippen LogP contribution in [0.15, 0.2) is 54.6 Å². The van der Waals surface area contributed by atoms with Gasteiger partial charge in [-0.3, -0.25) is 9.69 Å². The maximum absolute atomic E-state index is 12.1. The minimum absolute atomic E-state index is 0. The van der Waals surface area contributed by atoms with E-state index in [0.717, 1.165) is 43.2 Å². The molecule has 3 rings (SSSR count). The summed E-state index contributed by atoms with van der Waals surface area (Å²) in [4.78, 5) is 14.5. The molecule has 1 saturated heterocycles. The lowest BCUT2D eigenvalue weighted by molar-refractivity contribution is -0.120. The Labute approximate surface area is 178 Å². The van der Waals surface area contributed by atoms with Crippen molar-refractivity contribution in [3.8, 4) is 0 Å². The zero-order chi connectivity index (χ0) is 17.5. The van der Waals surface area contributed by atoms with E-state index in [2.05, 4.69) is 27.7 Å². The number of hydrogen-bond donors (Lipinski definition) is 2. The average Bonchev–Trinajstić information content (AvgIpc) is 2.64. The first-order valence-electron chi connectivity index (χ1n) is 8.74. The summed E-state index contributed by atoms with van der Waals surface area (Å²) in [5.41, 5.74) is 2.24. The molecule has 1 aliphatic rings. The number of anilines is 1. The predicted octanol–water partition coefficient (Wildman–Crippen LogP) is 4.38. The third kappa shape index (κ3) is 7.97. The van der Waals surface area contributed by atoms with Crippen molar-refractivity contribution in [2.75, 3.05) is 25.0 Å². The number of rotatable bonds is 6. The molecule has 1 aliphatic heterocycles. The Hall–Kier alpha value is -1.46. The topological polar surface area (TPSA) is 44.4 Å². The molecule has 1 heterocycles. The summed E-state index contributed by atoms with van der Waals surface area (Å²) in [7, 11) is 0. The van der Waals surface area contributed by atoms with Crippen LogP contribution in [0.1, 0.15) is 18.4 Å². The normalized spacial score (nSPS) is 14.6. The van der Waals surface area contributed by atoms with Gasteiger partial charge in [0.2, 0.25) is 5.91 Å². The summed E-state index contributed by atoms with van der Waals surface area (Å²) >= 11 is 5.93. The van der Waals surface area contributed by atoms with Gasteiger partial charge in [-0.1, -0.05) is 41.9 Å². The Morgan fingerprint density at radius 1 is 1.00 bits per heavy atom. The Balaban J connectivity index is 0.00000182. The largest absolute Gasteiger partial charge is 0.376 e. The van der Waals surface area contributed by atoms with Gasteiger partial charge in [-0.25, -0.2) is 0 Å². The SMILES string of the molecule is Cl.Cl.O=C(CNc1ccccc1)NC1CCN(Cc2ccc(Cl)cc2)CC1. The van der Waals surface area contributed by atoms with Crippen LogP contribution in [0.25, 0.3) is 0 Å². The number of para-hydroxylation sites is 1. The lowest BCUT2D eigenvalue weighted by Crippen LogP contribution is -2.45. The number of amides is 1. The highest BCUT2D eigenvalue weighted by Crippen LogP contribution is 2.16. The van der Waals surface area contributed by atoms with E-state index in [4.69, 9.17) is 11.6 Å². The molecule has 2 aromatic rings. The van der Waals surface area contributed by atoms with Crippen LogP contribution in [-0.4, -0.2) is 36.5 Å². The summed E-state index contributed by atoms with van der Waals surface area (Å²) in [6.07, 6.45) is 1.98. The van der Waals surface area contributed by atoms with Crippen LogP contribution in [0.4, 0.5) is 5.69 Å². The van der Waals surface area contributed by atoms with Gasteiger partial charge in [-0.2, -0.15) is 0 Å². The highest BCUT2D eigenvalue weighted by atomic mass is 35.5. The van der Waals surface area contributed by atoms with Crippen LogP contribution in [-0.2, 0) is 11.3 Å². The van der Waals surface area contributed by atoms with Gasteiger partial charge in [0.05, 0.1) is 6.54 Å². The second-order valence-corrected chi connectivity index (χ2v) is 6.90. The third-order valence-electron chi connectivity index (χ3n) is 4.50. The highest BCUT2D eigenvalue weighted by molar-refractivity contribution is 6.30. The van der Waals surface area contributed by atoms with E-state index in [0.29, 0.717) is 6.54 Å². The van der Waals surface area contributed by atoms with Crippen LogP contribution in [0.2, 0.25) is 5.02 Å². The monoisotopic (exact) mass is 429 g/mol. The maximum atomic E-state index is 12.1. The van der Waals surface area contributed by atoms with Crippen LogP contribution in [0.5, 0.6) is 0 Å². The first-order chi connectivity index (χ1) is 12.2. The summed E-state index contributed by atoms with van der Waals surface area (Å²) in [5, 5.41) is 7.05. The number of carbonyl (C=O) groups excluding carboxylic acids is 1. The van der Waals surface area contributed by atoms with E-state index >= 15 is 0 Å². The Kier molecular flexibility index (Phi) is 10.6. The fourth-order valence-electron chi connectivity index (χ4n) is 3.10. The van der Waals surface area contributed by atoms with Crippen molar-refractivity contribution in [1.29, 1.82) is 0 Å². The number of hydrogen-bond acceptors (Lipinski definition) is 3. The molecule has 0 bridgehead atoms. The van der Waals surface area contributed by atoms with Gasteiger partial charge in [0.25, 0.3) is 0 Å². The van der Waals surface area contributed by atoms with Crippen molar-refractivity contribution in [2.45, 2.75) is 25.4 Å². The van der Waals surface area contributed by atoms with Gasteiger partial charge in [0, 0.05) is 36.4 Å². The van der Waals surface area contributed by atoms with E-state index in [9.17, 15) is 4.79 Å². The highest BCUT2D eigenvalue weighted by Gasteiger charge is 2.20. The Morgan fingerprint density at radius 3 is 2.26 bits per heavy atom. The van der Waals surface area contributed by atoms with Crippen molar-refractivity contribution in [2.24, 2.45) is 0 Å². The Morgan fingerprint density at radius 2 is 1.63 bits per heavy atom. The molecule has 27 heavy (non-hydrogen) atoms. The number of nitrogens with one attached hydrogen (secondary N) is 2. The molecular formula is C20H26Cl3N3O. The minimum atomic E-state index is 0. The summed E-state index contributed by atoms with van der Waals surface area (Å²) < 4.78 is 0. The molecule has 4 nitrogen and oxygen atoms in total. The summed E-state index contributed by atoms with van der Waals surface area (Å²) in [6, 6.07) is 18.1. The quantitative estimate of drug-likeness (QED) is 0.715. The predicted molar refractivity (Wildman–Crippen MR) is 117 cm³/mol. The number of benzene rings is 2. The van der Waals surface area contributed by atoms with Crippen molar-refractivity contribution >= 4 is 48.0 Å². The van der Waals surface area contributed by atoms with Crippen molar-refractivity contribution < 1.29 is 4.79 Å². The Bertz CT molecular complexity index is 675.